The molecule has 4 heteroatoms. The van der Waals surface area contributed by atoms with E-state index in [2.05, 4.69) is 12.2 Å². The van der Waals surface area contributed by atoms with Crippen molar-refractivity contribution in [3.8, 4) is 0 Å². The number of carbonyl (C=O) groups excluding carboxylic acids is 1. The zero-order valence-electron chi connectivity index (χ0n) is 12.2. The maximum atomic E-state index is 12.1. The summed E-state index contributed by atoms with van der Waals surface area (Å²) >= 11 is 0. The fraction of sp³-hybridized carbons (Fsp3) is 0.562. The van der Waals surface area contributed by atoms with Crippen LogP contribution in [0.5, 0.6) is 0 Å². The van der Waals surface area contributed by atoms with E-state index in [1.165, 1.54) is 0 Å². The molecule has 0 bridgehead atoms. The average molecular weight is 277 g/mol. The van der Waals surface area contributed by atoms with E-state index in [-0.39, 0.29) is 11.6 Å². The van der Waals surface area contributed by atoms with Gasteiger partial charge >= 0.3 is 5.97 Å². The first-order valence-corrected chi connectivity index (χ1v) is 7.23. The molecule has 1 aromatic rings. The highest BCUT2D eigenvalue weighted by Gasteiger charge is 2.32. The van der Waals surface area contributed by atoms with Crippen molar-refractivity contribution >= 4 is 5.97 Å². The fourth-order valence-electron chi connectivity index (χ4n) is 2.50. The second-order valence-electron chi connectivity index (χ2n) is 5.38. The largest absolute Gasteiger partial charge is 0.465 e. The van der Waals surface area contributed by atoms with E-state index in [4.69, 9.17) is 9.47 Å². The van der Waals surface area contributed by atoms with Crippen LogP contribution in [-0.4, -0.2) is 31.3 Å². The summed E-state index contributed by atoms with van der Waals surface area (Å²) in [5.74, 6) is -0.236. The van der Waals surface area contributed by atoms with Crippen molar-refractivity contribution in [1.82, 2.24) is 5.32 Å². The molecule has 1 fully saturated rings. The Labute approximate surface area is 120 Å². The molecule has 0 spiro atoms. The van der Waals surface area contributed by atoms with Crippen LogP contribution in [0.1, 0.15) is 38.3 Å². The van der Waals surface area contributed by atoms with Crippen LogP contribution >= 0.6 is 0 Å². The first-order valence-electron chi connectivity index (χ1n) is 7.23. The van der Waals surface area contributed by atoms with E-state index >= 15 is 0 Å². The van der Waals surface area contributed by atoms with Crippen LogP contribution in [0.3, 0.4) is 0 Å². The third kappa shape index (κ3) is 3.81. The lowest BCUT2D eigenvalue weighted by Crippen LogP contribution is -2.41. The fourth-order valence-corrected chi connectivity index (χ4v) is 2.50. The number of hydrogen-bond acceptors (Lipinski definition) is 4. The number of ether oxygens (including phenoxy) is 2. The predicted molar refractivity (Wildman–Crippen MR) is 77.4 cm³/mol. The molecular formula is C16H23NO3. The van der Waals surface area contributed by atoms with Crippen LogP contribution in [0.15, 0.2) is 30.3 Å². The minimum atomic E-state index is -0.433. The van der Waals surface area contributed by atoms with Gasteiger partial charge in [-0.1, -0.05) is 30.3 Å². The number of esters is 1. The van der Waals surface area contributed by atoms with Crippen LogP contribution in [0.4, 0.5) is 0 Å². The van der Waals surface area contributed by atoms with Gasteiger partial charge in [0.2, 0.25) is 0 Å². The quantitative estimate of drug-likeness (QED) is 0.811. The lowest BCUT2D eigenvalue weighted by atomic mass is 10.0. The van der Waals surface area contributed by atoms with Gasteiger partial charge in [-0.3, -0.25) is 5.32 Å². The van der Waals surface area contributed by atoms with Crippen LogP contribution in [0.25, 0.3) is 0 Å². The second-order valence-corrected chi connectivity index (χ2v) is 5.38. The molecule has 0 saturated carbocycles. The molecule has 2 atom stereocenters. The molecular weight excluding hydrogens is 254 g/mol. The minimum Gasteiger partial charge on any atom is -0.465 e. The van der Waals surface area contributed by atoms with E-state index < -0.39 is 6.04 Å². The summed E-state index contributed by atoms with van der Waals surface area (Å²) in [6.07, 6.45) is 2.10. The van der Waals surface area contributed by atoms with Crippen LogP contribution < -0.4 is 5.32 Å². The Bertz CT molecular complexity index is 427. The van der Waals surface area contributed by atoms with Crippen molar-refractivity contribution in [3.05, 3.63) is 35.9 Å². The Morgan fingerprint density at radius 1 is 1.45 bits per heavy atom. The number of nitrogens with one attached hydrogen (secondary N) is 1. The standard InChI is InChI=1S/C16H23NO3/c1-3-19-15(18)14(13-8-5-4-6-9-13)17-12-16(2)10-7-11-20-16/h4-6,8-9,14,17H,3,7,10-12H2,1-2H3. The van der Waals surface area contributed by atoms with E-state index in [0.29, 0.717) is 13.2 Å². The van der Waals surface area contributed by atoms with Gasteiger partial charge in [-0.2, -0.15) is 0 Å². The summed E-state index contributed by atoms with van der Waals surface area (Å²) in [5, 5.41) is 3.30. The summed E-state index contributed by atoms with van der Waals surface area (Å²) < 4.78 is 10.9. The van der Waals surface area contributed by atoms with Crippen molar-refractivity contribution in [2.45, 2.75) is 38.3 Å². The minimum absolute atomic E-state index is 0.181. The zero-order valence-corrected chi connectivity index (χ0v) is 12.2. The van der Waals surface area contributed by atoms with Gasteiger partial charge in [-0.05, 0) is 32.3 Å². The lowest BCUT2D eigenvalue weighted by molar-refractivity contribution is -0.146. The summed E-state index contributed by atoms with van der Waals surface area (Å²) in [7, 11) is 0. The molecule has 0 amide bonds. The SMILES string of the molecule is CCOC(=O)C(NCC1(C)CCCO1)c1ccccc1. The predicted octanol–water partition coefficient (Wildman–Crippen LogP) is 2.45. The third-order valence-electron chi connectivity index (χ3n) is 3.64. The molecule has 0 aliphatic carbocycles. The Morgan fingerprint density at radius 3 is 2.80 bits per heavy atom. The number of benzene rings is 1. The van der Waals surface area contributed by atoms with Gasteiger partial charge in [-0.15, -0.1) is 0 Å². The van der Waals surface area contributed by atoms with Crippen molar-refractivity contribution < 1.29 is 14.3 Å². The third-order valence-corrected chi connectivity index (χ3v) is 3.64. The molecule has 1 N–H and O–H groups in total. The molecule has 2 unspecified atom stereocenters. The highest BCUT2D eigenvalue weighted by Crippen LogP contribution is 2.25. The van der Waals surface area contributed by atoms with Gasteiger partial charge in [0.05, 0.1) is 12.2 Å². The summed E-state index contributed by atoms with van der Waals surface area (Å²) in [5.41, 5.74) is 0.743. The summed E-state index contributed by atoms with van der Waals surface area (Å²) in [6, 6.07) is 9.23. The number of carbonyl (C=O) groups is 1. The van der Waals surface area contributed by atoms with E-state index in [1.54, 1.807) is 0 Å². The van der Waals surface area contributed by atoms with Crippen molar-refractivity contribution in [3.63, 3.8) is 0 Å². The molecule has 1 saturated heterocycles. The molecule has 1 aliphatic heterocycles. The van der Waals surface area contributed by atoms with Gasteiger partial charge in [0.1, 0.15) is 6.04 Å². The van der Waals surface area contributed by atoms with Crippen molar-refractivity contribution in [2.75, 3.05) is 19.8 Å². The van der Waals surface area contributed by atoms with Crippen molar-refractivity contribution in [2.24, 2.45) is 0 Å². The first-order chi connectivity index (χ1) is 9.64. The van der Waals surface area contributed by atoms with Gasteiger partial charge in [0.15, 0.2) is 0 Å². The zero-order chi connectivity index (χ0) is 14.4. The Morgan fingerprint density at radius 2 is 2.20 bits per heavy atom. The van der Waals surface area contributed by atoms with Crippen LogP contribution in [-0.2, 0) is 14.3 Å². The Balaban J connectivity index is 2.05. The molecule has 1 heterocycles. The first kappa shape index (κ1) is 15.0. The monoisotopic (exact) mass is 277 g/mol. The van der Waals surface area contributed by atoms with Crippen LogP contribution in [0, 0.1) is 0 Å². The number of rotatable bonds is 6. The molecule has 1 aliphatic rings. The highest BCUT2D eigenvalue weighted by molar-refractivity contribution is 5.77. The second kappa shape index (κ2) is 6.86. The van der Waals surface area contributed by atoms with E-state index in [1.807, 2.05) is 37.3 Å². The van der Waals surface area contributed by atoms with Crippen LogP contribution in [0.2, 0.25) is 0 Å². The Kier molecular flexibility index (Phi) is 5.15. The maximum Gasteiger partial charge on any atom is 0.327 e. The molecule has 4 nitrogen and oxygen atoms in total. The van der Waals surface area contributed by atoms with Gasteiger partial charge in [-0.25, -0.2) is 4.79 Å². The number of hydrogen-bond donors (Lipinski definition) is 1. The normalized spacial score (nSPS) is 23.5. The molecule has 1 aromatic carbocycles. The van der Waals surface area contributed by atoms with Gasteiger partial charge < -0.3 is 9.47 Å². The highest BCUT2D eigenvalue weighted by atomic mass is 16.5. The van der Waals surface area contributed by atoms with E-state index in [9.17, 15) is 4.79 Å². The summed E-state index contributed by atoms with van der Waals surface area (Å²) in [6.45, 7) is 5.73. The smallest absolute Gasteiger partial charge is 0.327 e. The molecule has 110 valence electrons. The van der Waals surface area contributed by atoms with E-state index in [0.717, 1.165) is 25.0 Å². The van der Waals surface area contributed by atoms with Crippen molar-refractivity contribution in [1.29, 1.82) is 0 Å². The molecule has 2 rings (SSSR count). The lowest BCUT2D eigenvalue weighted by Gasteiger charge is -2.26. The molecule has 20 heavy (non-hydrogen) atoms. The molecule has 0 aromatic heterocycles. The van der Waals surface area contributed by atoms with Gasteiger partial charge in [0, 0.05) is 13.2 Å². The summed E-state index contributed by atoms with van der Waals surface area (Å²) in [4.78, 5) is 12.1. The Hall–Kier alpha value is -1.39. The van der Waals surface area contributed by atoms with Gasteiger partial charge in [0.25, 0.3) is 0 Å². The topological polar surface area (TPSA) is 47.6 Å². The molecule has 0 radical (unpaired) electrons. The average Bonchev–Trinajstić information content (AvgIpc) is 2.88. The maximum absolute atomic E-state index is 12.1.